The van der Waals surface area contributed by atoms with Crippen LogP contribution in [-0.2, 0) is 4.79 Å². The van der Waals surface area contributed by atoms with Crippen LogP contribution in [0.5, 0.6) is 0 Å². The van der Waals surface area contributed by atoms with E-state index in [-0.39, 0.29) is 10.9 Å². The molecule has 0 bridgehead atoms. The predicted octanol–water partition coefficient (Wildman–Crippen LogP) is 1.68. The zero-order chi connectivity index (χ0) is 15.3. The minimum atomic E-state index is -1.37. The fourth-order valence-corrected chi connectivity index (χ4v) is 1.76. The number of aliphatic hydroxyl groups excluding tert-OH is 1. The first kappa shape index (κ1) is 16.3. The average molecular weight is 353 g/mol. The third-order valence-electron chi connectivity index (χ3n) is 2.27. The number of carboxylic acid groups (broad SMARTS) is 1. The molecule has 1 rings (SSSR count). The zero-order valence-electron chi connectivity index (χ0n) is 9.99. The number of carboxylic acids is 1. The van der Waals surface area contributed by atoms with E-state index in [4.69, 9.17) is 10.2 Å². The van der Waals surface area contributed by atoms with Crippen LogP contribution in [0.15, 0.2) is 16.6 Å². The SMILES string of the molecule is O=C(Nc1c(F)cc(Br)cc1F)N[C@@H](CCO)C(=O)O. The van der Waals surface area contributed by atoms with Crippen LogP contribution in [0, 0.1) is 11.6 Å². The molecule has 0 aliphatic heterocycles. The fraction of sp³-hybridized carbons (Fsp3) is 0.273. The number of amides is 2. The summed E-state index contributed by atoms with van der Waals surface area (Å²) < 4.78 is 27.0. The number of hydrogen-bond acceptors (Lipinski definition) is 3. The number of halogens is 3. The van der Waals surface area contributed by atoms with Crippen molar-refractivity contribution >= 4 is 33.6 Å². The summed E-state index contributed by atoms with van der Waals surface area (Å²) in [4.78, 5) is 22.2. The molecule has 0 aliphatic rings. The number of hydrogen-bond donors (Lipinski definition) is 4. The topological polar surface area (TPSA) is 98.7 Å². The zero-order valence-corrected chi connectivity index (χ0v) is 11.6. The van der Waals surface area contributed by atoms with Gasteiger partial charge in [0.25, 0.3) is 0 Å². The number of carbonyl (C=O) groups excluding carboxylic acids is 1. The molecule has 0 aromatic heterocycles. The van der Waals surface area contributed by atoms with Gasteiger partial charge < -0.3 is 20.8 Å². The molecule has 0 radical (unpaired) electrons. The van der Waals surface area contributed by atoms with Crippen molar-refractivity contribution in [3.05, 3.63) is 28.2 Å². The lowest BCUT2D eigenvalue weighted by atomic mass is 10.2. The molecule has 1 atom stereocenters. The molecule has 20 heavy (non-hydrogen) atoms. The van der Waals surface area contributed by atoms with Crippen LogP contribution in [0.1, 0.15) is 6.42 Å². The van der Waals surface area contributed by atoms with E-state index in [0.717, 1.165) is 12.1 Å². The minimum absolute atomic E-state index is 0.155. The number of benzene rings is 1. The molecule has 110 valence electrons. The summed E-state index contributed by atoms with van der Waals surface area (Å²) in [6.07, 6.45) is -0.228. The lowest BCUT2D eigenvalue weighted by molar-refractivity contribution is -0.139. The van der Waals surface area contributed by atoms with Gasteiger partial charge in [-0.25, -0.2) is 18.4 Å². The Morgan fingerprint density at radius 3 is 2.30 bits per heavy atom. The molecule has 0 aliphatic carbocycles. The molecule has 9 heteroatoms. The summed E-state index contributed by atoms with van der Waals surface area (Å²) in [7, 11) is 0. The lowest BCUT2D eigenvalue weighted by Gasteiger charge is -2.14. The average Bonchev–Trinajstić information content (AvgIpc) is 2.33. The van der Waals surface area contributed by atoms with Crippen LogP contribution >= 0.6 is 15.9 Å². The van der Waals surface area contributed by atoms with Crippen molar-refractivity contribution in [2.45, 2.75) is 12.5 Å². The maximum absolute atomic E-state index is 13.4. The highest BCUT2D eigenvalue weighted by Gasteiger charge is 2.21. The highest BCUT2D eigenvalue weighted by molar-refractivity contribution is 9.10. The van der Waals surface area contributed by atoms with Crippen LogP contribution in [0.25, 0.3) is 0 Å². The monoisotopic (exact) mass is 352 g/mol. The molecule has 4 N–H and O–H groups in total. The smallest absolute Gasteiger partial charge is 0.326 e. The van der Waals surface area contributed by atoms with E-state index in [1.165, 1.54) is 0 Å². The Hall–Kier alpha value is -1.74. The van der Waals surface area contributed by atoms with E-state index < -0.39 is 42.0 Å². The maximum atomic E-state index is 13.4. The number of urea groups is 1. The third-order valence-corrected chi connectivity index (χ3v) is 2.72. The van der Waals surface area contributed by atoms with Crippen LogP contribution in [0.2, 0.25) is 0 Å². The number of anilines is 1. The molecule has 1 aromatic carbocycles. The van der Waals surface area contributed by atoms with E-state index in [1.54, 1.807) is 0 Å². The van der Waals surface area contributed by atoms with Gasteiger partial charge in [0.15, 0.2) is 11.6 Å². The Bertz CT molecular complexity index is 504. The number of aliphatic hydroxyl groups is 1. The van der Waals surface area contributed by atoms with Crippen LogP contribution in [-0.4, -0.2) is 34.9 Å². The summed E-state index contributed by atoms with van der Waals surface area (Å²) in [5.74, 6) is -3.40. The highest BCUT2D eigenvalue weighted by Crippen LogP contribution is 2.23. The normalized spacial score (nSPS) is 11.8. The second-order valence-electron chi connectivity index (χ2n) is 3.75. The maximum Gasteiger partial charge on any atom is 0.326 e. The third kappa shape index (κ3) is 4.42. The van der Waals surface area contributed by atoms with Crippen LogP contribution < -0.4 is 10.6 Å². The van der Waals surface area contributed by atoms with Gasteiger partial charge >= 0.3 is 12.0 Å². The van der Waals surface area contributed by atoms with Crippen molar-refractivity contribution in [2.75, 3.05) is 11.9 Å². The predicted molar refractivity (Wildman–Crippen MR) is 69.3 cm³/mol. The van der Waals surface area contributed by atoms with Gasteiger partial charge in [0.2, 0.25) is 0 Å². The molecule has 0 unspecified atom stereocenters. The van der Waals surface area contributed by atoms with Gasteiger partial charge in [-0.1, -0.05) is 15.9 Å². The van der Waals surface area contributed by atoms with Crippen molar-refractivity contribution in [3.8, 4) is 0 Å². The first-order valence-corrected chi connectivity index (χ1v) is 6.20. The largest absolute Gasteiger partial charge is 0.480 e. The summed E-state index contributed by atoms with van der Waals surface area (Å²) >= 11 is 2.88. The van der Waals surface area contributed by atoms with E-state index in [2.05, 4.69) is 15.9 Å². The Kier molecular flexibility index (Phi) is 5.83. The quantitative estimate of drug-likeness (QED) is 0.647. The van der Waals surface area contributed by atoms with Gasteiger partial charge in [0, 0.05) is 17.5 Å². The summed E-state index contributed by atoms with van der Waals surface area (Å²) in [5, 5.41) is 21.3. The highest BCUT2D eigenvalue weighted by atomic mass is 79.9. The first-order valence-electron chi connectivity index (χ1n) is 5.41. The van der Waals surface area contributed by atoms with Crippen LogP contribution in [0.3, 0.4) is 0 Å². The summed E-state index contributed by atoms with van der Waals surface area (Å²) in [5.41, 5.74) is -0.696. The Morgan fingerprint density at radius 2 is 1.85 bits per heavy atom. The van der Waals surface area contributed by atoms with Crippen molar-refractivity contribution in [3.63, 3.8) is 0 Å². The molecule has 0 saturated carbocycles. The second kappa shape index (κ2) is 7.15. The Morgan fingerprint density at radius 1 is 1.30 bits per heavy atom. The standard InChI is InChI=1S/C11H11BrF2N2O4/c12-5-3-6(13)9(7(14)4-5)16-11(20)15-8(1-2-17)10(18)19/h3-4,8,17H,1-2H2,(H,18,19)(H2,15,16,20)/t8-/m0/s1. The molecular weight excluding hydrogens is 342 g/mol. The molecule has 1 aromatic rings. The first-order chi connectivity index (χ1) is 9.35. The molecule has 0 fully saturated rings. The Labute approximate surface area is 120 Å². The Balaban J connectivity index is 2.78. The van der Waals surface area contributed by atoms with Crippen molar-refractivity contribution in [1.82, 2.24) is 5.32 Å². The van der Waals surface area contributed by atoms with Crippen molar-refractivity contribution in [2.24, 2.45) is 0 Å². The van der Waals surface area contributed by atoms with Crippen molar-refractivity contribution in [1.29, 1.82) is 0 Å². The van der Waals surface area contributed by atoms with Gasteiger partial charge in [0.1, 0.15) is 11.7 Å². The number of carbonyl (C=O) groups is 2. The van der Waals surface area contributed by atoms with Gasteiger partial charge in [-0.2, -0.15) is 0 Å². The van der Waals surface area contributed by atoms with Gasteiger partial charge in [-0.05, 0) is 12.1 Å². The van der Waals surface area contributed by atoms with E-state index in [0.29, 0.717) is 0 Å². The molecule has 0 spiro atoms. The molecular formula is C11H11BrF2N2O4. The van der Waals surface area contributed by atoms with Gasteiger partial charge in [-0.3, -0.25) is 0 Å². The van der Waals surface area contributed by atoms with E-state index >= 15 is 0 Å². The van der Waals surface area contributed by atoms with Crippen LogP contribution in [0.4, 0.5) is 19.3 Å². The van der Waals surface area contributed by atoms with Crippen molar-refractivity contribution < 1.29 is 28.6 Å². The van der Waals surface area contributed by atoms with Gasteiger partial charge in [0.05, 0.1) is 0 Å². The lowest BCUT2D eigenvalue weighted by Crippen LogP contribution is -2.43. The summed E-state index contributed by atoms with van der Waals surface area (Å²) in [6, 6.07) is -0.560. The number of aliphatic carboxylic acids is 1. The molecule has 2 amide bonds. The number of rotatable bonds is 5. The van der Waals surface area contributed by atoms with E-state index in [1.807, 2.05) is 10.6 Å². The molecule has 0 heterocycles. The summed E-state index contributed by atoms with van der Waals surface area (Å²) in [6.45, 7) is -0.460. The fourth-order valence-electron chi connectivity index (χ4n) is 1.36. The number of nitrogens with one attached hydrogen (secondary N) is 2. The van der Waals surface area contributed by atoms with Gasteiger partial charge in [-0.15, -0.1) is 0 Å². The minimum Gasteiger partial charge on any atom is -0.480 e. The second-order valence-corrected chi connectivity index (χ2v) is 4.66. The van der Waals surface area contributed by atoms with E-state index in [9.17, 15) is 18.4 Å². The molecule has 0 saturated heterocycles. The molecule has 6 nitrogen and oxygen atoms in total.